The van der Waals surface area contributed by atoms with Crippen LogP contribution in [-0.4, -0.2) is 32.0 Å². The number of halogens is 1. The van der Waals surface area contributed by atoms with Gasteiger partial charge in [0.05, 0.1) is 10.9 Å². The Morgan fingerprint density at radius 3 is 2.83 bits per heavy atom. The number of nitrogens with zero attached hydrogens (tertiary/aromatic N) is 3. The number of hydrogen-bond acceptors (Lipinski definition) is 4. The molecule has 2 unspecified atom stereocenters. The summed E-state index contributed by atoms with van der Waals surface area (Å²) >= 11 is 7.59. The van der Waals surface area contributed by atoms with E-state index >= 15 is 0 Å². The van der Waals surface area contributed by atoms with Crippen molar-refractivity contribution in [1.29, 1.82) is 0 Å². The molecule has 0 fully saturated rings. The molecule has 0 saturated heterocycles. The van der Waals surface area contributed by atoms with Crippen molar-refractivity contribution in [3.05, 3.63) is 35.1 Å². The summed E-state index contributed by atoms with van der Waals surface area (Å²) in [6.45, 7) is 7.96. The van der Waals surface area contributed by atoms with Gasteiger partial charge in [0.1, 0.15) is 6.33 Å². The van der Waals surface area contributed by atoms with Gasteiger partial charge >= 0.3 is 0 Å². The zero-order valence-electron chi connectivity index (χ0n) is 14.4. The van der Waals surface area contributed by atoms with E-state index in [2.05, 4.69) is 22.4 Å². The Bertz CT molecular complexity index is 704. The fourth-order valence-corrected chi connectivity index (χ4v) is 3.32. The number of thioether (sulfide) groups is 1. The molecule has 0 aliphatic heterocycles. The third-order valence-electron chi connectivity index (χ3n) is 3.71. The third-order valence-corrected chi connectivity index (χ3v) is 5.18. The van der Waals surface area contributed by atoms with E-state index in [0.717, 1.165) is 24.1 Å². The lowest BCUT2D eigenvalue weighted by Gasteiger charge is -2.16. The highest BCUT2D eigenvalue weighted by Gasteiger charge is 2.19. The van der Waals surface area contributed by atoms with Crippen LogP contribution in [0.25, 0.3) is 5.69 Å². The van der Waals surface area contributed by atoms with Gasteiger partial charge in [0, 0.05) is 11.1 Å². The third kappa shape index (κ3) is 4.74. The average molecular weight is 367 g/mol. The summed E-state index contributed by atoms with van der Waals surface area (Å²) in [5.74, 6) is 0.0115. The lowest BCUT2D eigenvalue weighted by molar-refractivity contribution is -0.120. The number of benzene rings is 1. The summed E-state index contributed by atoms with van der Waals surface area (Å²) in [6.07, 6.45) is 3.65. The predicted molar refractivity (Wildman–Crippen MR) is 98.9 cm³/mol. The second kappa shape index (κ2) is 8.53. The molecule has 0 radical (unpaired) electrons. The Labute approximate surface area is 152 Å². The smallest absolute Gasteiger partial charge is 0.233 e. The monoisotopic (exact) mass is 366 g/mol. The fourth-order valence-electron chi connectivity index (χ4n) is 2.29. The second-order valence-corrected chi connectivity index (χ2v) is 7.59. The molecule has 0 spiro atoms. The van der Waals surface area contributed by atoms with Gasteiger partial charge in [0.25, 0.3) is 0 Å². The topological polar surface area (TPSA) is 59.8 Å². The van der Waals surface area contributed by atoms with Crippen LogP contribution in [0.15, 0.2) is 29.7 Å². The normalized spacial score (nSPS) is 13.5. The Balaban J connectivity index is 2.10. The van der Waals surface area contributed by atoms with Gasteiger partial charge < -0.3 is 5.32 Å². The summed E-state index contributed by atoms with van der Waals surface area (Å²) in [6, 6.07) is 5.97. The van der Waals surface area contributed by atoms with Gasteiger partial charge in [-0.3, -0.25) is 9.36 Å². The quantitative estimate of drug-likeness (QED) is 0.752. The predicted octanol–water partition coefficient (Wildman–Crippen LogP) is 4.01. The molecule has 130 valence electrons. The molecule has 2 aromatic rings. The van der Waals surface area contributed by atoms with Crippen LogP contribution >= 0.6 is 23.4 Å². The number of hydrogen-bond donors (Lipinski definition) is 1. The van der Waals surface area contributed by atoms with Crippen molar-refractivity contribution in [2.75, 3.05) is 0 Å². The van der Waals surface area contributed by atoms with E-state index in [0.29, 0.717) is 10.2 Å². The average Bonchev–Trinajstić information content (AvgIpc) is 2.98. The van der Waals surface area contributed by atoms with Gasteiger partial charge in [-0.15, -0.1) is 10.2 Å². The summed E-state index contributed by atoms with van der Waals surface area (Å²) in [5.41, 5.74) is 1.89. The first-order chi connectivity index (χ1) is 11.4. The summed E-state index contributed by atoms with van der Waals surface area (Å²) in [4.78, 5) is 12.3. The molecule has 1 heterocycles. The summed E-state index contributed by atoms with van der Waals surface area (Å²) in [5, 5.41) is 12.2. The van der Waals surface area contributed by atoms with Crippen LogP contribution in [0.5, 0.6) is 0 Å². The van der Waals surface area contributed by atoms with Crippen LogP contribution in [-0.2, 0) is 4.79 Å². The second-order valence-electron chi connectivity index (χ2n) is 5.88. The SMILES string of the molecule is CCCC(C)NC(=O)C(C)Sc1nncn1-c1ccc(C)c(Cl)c1. The molecule has 1 N–H and O–H groups in total. The van der Waals surface area contributed by atoms with Gasteiger partial charge in [-0.1, -0.05) is 42.8 Å². The number of nitrogens with one attached hydrogen (secondary N) is 1. The Hall–Kier alpha value is -1.53. The van der Waals surface area contributed by atoms with Crippen LogP contribution in [0.3, 0.4) is 0 Å². The van der Waals surface area contributed by atoms with Crippen LogP contribution in [0.4, 0.5) is 0 Å². The van der Waals surface area contributed by atoms with E-state index in [9.17, 15) is 4.79 Å². The number of carbonyl (C=O) groups is 1. The van der Waals surface area contributed by atoms with Crippen molar-refractivity contribution >= 4 is 29.3 Å². The molecule has 0 aliphatic carbocycles. The first kappa shape index (κ1) is 18.8. The van der Waals surface area contributed by atoms with Gasteiger partial charge in [-0.2, -0.15) is 0 Å². The largest absolute Gasteiger partial charge is 0.353 e. The van der Waals surface area contributed by atoms with E-state index < -0.39 is 0 Å². The van der Waals surface area contributed by atoms with Gasteiger partial charge in [0.2, 0.25) is 5.91 Å². The van der Waals surface area contributed by atoms with Crippen LogP contribution in [0.2, 0.25) is 5.02 Å². The molecular weight excluding hydrogens is 344 g/mol. The van der Waals surface area contributed by atoms with Gasteiger partial charge in [-0.25, -0.2) is 0 Å². The molecular formula is C17H23ClN4OS. The minimum absolute atomic E-state index is 0.0115. The Morgan fingerprint density at radius 1 is 1.42 bits per heavy atom. The van der Waals surface area contributed by atoms with Crippen molar-refractivity contribution in [1.82, 2.24) is 20.1 Å². The van der Waals surface area contributed by atoms with E-state index in [1.165, 1.54) is 11.8 Å². The fraction of sp³-hybridized carbons (Fsp3) is 0.471. The minimum atomic E-state index is -0.256. The van der Waals surface area contributed by atoms with Crippen LogP contribution in [0.1, 0.15) is 39.2 Å². The first-order valence-electron chi connectivity index (χ1n) is 8.06. The van der Waals surface area contributed by atoms with E-state index in [4.69, 9.17) is 11.6 Å². The van der Waals surface area contributed by atoms with Crippen molar-refractivity contribution in [3.63, 3.8) is 0 Å². The van der Waals surface area contributed by atoms with Gasteiger partial charge in [-0.05, 0) is 44.9 Å². The maximum atomic E-state index is 12.3. The summed E-state index contributed by atoms with van der Waals surface area (Å²) in [7, 11) is 0. The molecule has 24 heavy (non-hydrogen) atoms. The molecule has 1 aromatic carbocycles. The number of carbonyl (C=O) groups excluding carboxylic acids is 1. The van der Waals surface area contributed by atoms with E-state index in [1.54, 1.807) is 6.33 Å². The summed E-state index contributed by atoms with van der Waals surface area (Å²) < 4.78 is 1.84. The molecule has 7 heteroatoms. The molecule has 2 atom stereocenters. The number of aromatic nitrogens is 3. The lowest BCUT2D eigenvalue weighted by Crippen LogP contribution is -2.37. The maximum absolute atomic E-state index is 12.3. The highest BCUT2D eigenvalue weighted by molar-refractivity contribution is 8.00. The molecule has 1 amide bonds. The van der Waals surface area contributed by atoms with Crippen LogP contribution in [0, 0.1) is 6.92 Å². The highest BCUT2D eigenvalue weighted by atomic mass is 35.5. The van der Waals surface area contributed by atoms with Gasteiger partial charge in [0.15, 0.2) is 5.16 Å². The van der Waals surface area contributed by atoms with E-state index in [-0.39, 0.29) is 17.2 Å². The number of amides is 1. The number of aryl methyl sites for hydroxylation is 1. The van der Waals surface area contributed by atoms with Crippen molar-refractivity contribution in [3.8, 4) is 5.69 Å². The standard InChI is InChI=1S/C17H23ClN4OS/c1-5-6-12(3)20-16(23)13(4)24-17-21-19-10-22(17)14-8-7-11(2)15(18)9-14/h7-10,12-13H,5-6H2,1-4H3,(H,20,23). The van der Waals surface area contributed by atoms with Crippen molar-refractivity contribution < 1.29 is 4.79 Å². The maximum Gasteiger partial charge on any atom is 0.233 e. The van der Waals surface area contributed by atoms with E-state index in [1.807, 2.05) is 43.5 Å². The van der Waals surface area contributed by atoms with Crippen molar-refractivity contribution in [2.24, 2.45) is 0 Å². The molecule has 0 bridgehead atoms. The van der Waals surface area contributed by atoms with Crippen molar-refractivity contribution in [2.45, 2.75) is 57.0 Å². The first-order valence-corrected chi connectivity index (χ1v) is 9.31. The zero-order valence-corrected chi connectivity index (χ0v) is 16.0. The van der Waals surface area contributed by atoms with Crippen LogP contribution < -0.4 is 5.32 Å². The highest BCUT2D eigenvalue weighted by Crippen LogP contribution is 2.26. The molecule has 5 nitrogen and oxygen atoms in total. The Kier molecular flexibility index (Phi) is 6.69. The molecule has 0 saturated carbocycles. The number of rotatable bonds is 7. The minimum Gasteiger partial charge on any atom is -0.353 e. The zero-order chi connectivity index (χ0) is 17.7. The molecule has 2 rings (SSSR count). The Morgan fingerprint density at radius 2 is 2.17 bits per heavy atom. The molecule has 0 aliphatic rings. The molecule has 1 aromatic heterocycles. The lowest BCUT2D eigenvalue weighted by atomic mass is 10.2.